The number of carbonyl (C=O) groups is 3. The van der Waals surface area contributed by atoms with Gasteiger partial charge in [-0.3, -0.25) is 9.59 Å². The largest absolute Gasteiger partial charge is 0.463 e. The molecule has 1 aromatic rings. The monoisotopic (exact) mass is 406 g/mol. The third kappa shape index (κ3) is 5.35. The summed E-state index contributed by atoms with van der Waals surface area (Å²) in [6.07, 6.45) is 0.0879. The lowest BCUT2D eigenvalue weighted by Crippen LogP contribution is -2.44. The number of hydrogen-bond acceptors (Lipinski definition) is 4. The summed E-state index contributed by atoms with van der Waals surface area (Å²) in [5.74, 6) is -1.05. The number of ether oxygens (including phenoxy) is 1. The molecule has 152 valence electrons. The highest BCUT2D eigenvalue weighted by Gasteiger charge is 2.37. The molecule has 0 spiro atoms. The molecule has 0 radical (unpaired) electrons. The number of halogens is 1. The van der Waals surface area contributed by atoms with E-state index in [1.165, 1.54) is 4.90 Å². The lowest BCUT2D eigenvalue weighted by Gasteiger charge is -2.34. The summed E-state index contributed by atoms with van der Waals surface area (Å²) in [5, 5.41) is 3.38. The Kier molecular flexibility index (Phi) is 7.63. The maximum Gasteiger partial charge on any atom is 0.336 e. The molecule has 0 bridgehead atoms. The summed E-state index contributed by atoms with van der Waals surface area (Å²) in [6, 6.07) is 7.06. The molecule has 0 aliphatic carbocycles. The second-order valence-corrected chi connectivity index (χ2v) is 7.64. The molecule has 1 atom stereocenters. The van der Waals surface area contributed by atoms with Gasteiger partial charge in [0.1, 0.15) is 6.54 Å². The molecule has 2 amide bonds. The van der Waals surface area contributed by atoms with Gasteiger partial charge in [-0.2, -0.15) is 0 Å². The van der Waals surface area contributed by atoms with Gasteiger partial charge in [0.15, 0.2) is 0 Å². The molecular weight excluding hydrogens is 380 g/mol. The SMILES string of the molecule is CCOC(=O)C1=C(C)N(CC(=O)NCC(C)C)C(=O)CC1c1ccc(Cl)cc1. The fourth-order valence-corrected chi connectivity index (χ4v) is 3.30. The topological polar surface area (TPSA) is 75.7 Å². The van der Waals surface area contributed by atoms with E-state index in [1.807, 2.05) is 13.8 Å². The molecule has 1 aromatic carbocycles. The summed E-state index contributed by atoms with van der Waals surface area (Å²) in [5.41, 5.74) is 1.67. The first kappa shape index (κ1) is 22.0. The first-order valence-electron chi connectivity index (χ1n) is 9.45. The summed E-state index contributed by atoms with van der Waals surface area (Å²) in [7, 11) is 0. The molecule has 1 aliphatic rings. The standard InChI is InChI=1S/C21H27ClN2O4/c1-5-28-21(27)20-14(4)24(12-18(25)23-11-13(2)3)19(26)10-17(20)15-6-8-16(22)9-7-15/h6-9,13,17H,5,10-12H2,1-4H3,(H,23,25). The Balaban J connectivity index is 2.36. The van der Waals surface area contributed by atoms with Gasteiger partial charge >= 0.3 is 5.97 Å². The fraction of sp³-hybridized carbons (Fsp3) is 0.476. The molecule has 0 aromatic heterocycles. The number of allylic oxidation sites excluding steroid dienone is 1. The number of rotatable bonds is 7. The molecule has 6 nitrogen and oxygen atoms in total. The predicted octanol–water partition coefficient (Wildman–Crippen LogP) is 3.27. The van der Waals surface area contributed by atoms with E-state index in [0.29, 0.717) is 28.8 Å². The second-order valence-electron chi connectivity index (χ2n) is 7.21. The zero-order valence-corrected chi connectivity index (χ0v) is 17.5. The Bertz CT molecular complexity index is 771. The van der Waals surface area contributed by atoms with Gasteiger partial charge in [0, 0.05) is 29.6 Å². The van der Waals surface area contributed by atoms with Crippen LogP contribution in [0.3, 0.4) is 0 Å². The molecule has 1 heterocycles. The van der Waals surface area contributed by atoms with Crippen molar-refractivity contribution in [3.05, 3.63) is 46.1 Å². The Morgan fingerprint density at radius 1 is 1.29 bits per heavy atom. The van der Waals surface area contributed by atoms with E-state index in [1.54, 1.807) is 38.1 Å². The smallest absolute Gasteiger partial charge is 0.336 e. The molecule has 7 heteroatoms. The van der Waals surface area contributed by atoms with E-state index in [0.717, 1.165) is 5.56 Å². The number of nitrogens with zero attached hydrogens (tertiary/aromatic N) is 1. The third-order valence-electron chi connectivity index (χ3n) is 4.60. The van der Waals surface area contributed by atoms with Crippen LogP contribution in [-0.2, 0) is 19.1 Å². The van der Waals surface area contributed by atoms with Crippen LogP contribution in [0.4, 0.5) is 0 Å². The molecule has 0 fully saturated rings. The van der Waals surface area contributed by atoms with Crippen LogP contribution in [0.25, 0.3) is 0 Å². The summed E-state index contributed by atoms with van der Waals surface area (Å²) in [4.78, 5) is 39.1. The van der Waals surface area contributed by atoms with Crippen molar-refractivity contribution in [2.45, 2.75) is 40.0 Å². The Hall–Kier alpha value is -2.34. The Morgan fingerprint density at radius 3 is 2.50 bits per heavy atom. The highest BCUT2D eigenvalue weighted by atomic mass is 35.5. The number of amides is 2. The van der Waals surface area contributed by atoms with Gasteiger partial charge in [-0.1, -0.05) is 37.6 Å². The Morgan fingerprint density at radius 2 is 1.93 bits per heavy atom. The molecule has 0 saturated carbocycles. The zero-order valence-electron chi connectivity index (χ0n) is 16.8. The number of esters is 1. The van der Waals surface area contributed by atoms with Crippen molar-refractivity contribution in [1.29, 1.82) is 0 Å². The summed E-state index contributed by atoms with van der Waals surface area (Å²) >= 11 is 5.97. The van der Waals surface area contributed by atoms with Crippen molar-refractivity contribution in [1.82, 2.24) is 10.2 Å². The number of carbonyl (C=O) groups excluding carboxylic acids is 3. The first-order chi connectivity index (χ1) is 13.2. The lowest BCUT2D eigenvalue weighted by atomic mass is 9.83. The summed E-state index contributed by atoms with van der Waals surface area (Å²) in [6.45, 7) is 8.04. The maximum atomic E-state index is 12.8. The van der Waals surface area contributed by atoms with Gasteiger partial charge < -0.3 is 15.0 Å². The highest BCUT2D eigenvalue weighted by molar-refractivity contribution is 6.30. The van der Waals surface area contributed by atoms with E-state index < -0.39 is 11.9 Å². The second kappa shape index (κ2) is 9.73. The van der Waals surface area contributed by atoms with Gasteiger partial charge in [-0.05, 0) is 37.5 Å². The maximum absolute atomic E-state index is 12.8. The first-order valence-corrected chi connectivity index (χ1v) is 9.82. The van der Waals surface area contributed by atoms with Crippen LogP contribution >= 0.6 is 11.6 Å². The highest BCUT2D eigenvalue weighted by Crippen LogP contribution is 2.37. The van der Waals surface area contributed by atoms with Gasteiger partial charge in [0.05, 0.1) is 12.2 Å². The Labute approximate surface area is 170 Å². The minimum Gasteiger partial charge on any atom is -0.463 e. The van der Waals surface area contributed by atoms with Gasteiger partial charge in [0.25, 0.3) is 0 Å². The minimum absolute atomic E-state index is 0.0879. The molecule has 28 heavy (non-hydrogen) atoms. The van der Waals surface area contributed by atoms with Crippen molar-refractivity contribution < 1.29 is 19.1 Å². The quantitative estimate of drug-likeness (QED) is 0.705. The summed E-state index contributed by atoms with van der Waals surface area (Å²) < 4.78 is 5.23. The van der Waals surface area contributed by atoms with Crippen LogP contribution in [0.2, 0.25) is 5.02 Å². The van der Waals surface area contributed by atoms with E-state index in [4.69, 9.17) is 16.3 Å². The van der Waals surface area contributed by atoms with Crippen LogP contribution in [-0.4, -0.2) is 42.4 Å². The molecule has 1 unspecified atom stereocenters. The van der Waals surface area contributed by atoms with Crippen LogP contribution in [0.5, 0.6) is 0 Å². The van der Waals surface area contributed by atoms with Crippen molar-refractivity contribution in [3.63, 3.8) is 0 Å². The van der Waals surface area contributed by atoms with E-state index in [-0.39, 0.29) is 31.4 Å². The fourth-order valence-electron chi connectivity index (χ4n) is 3.17. The van der Waals surface area contributed by atoms with Crippen molar-refractivity contribution in [2.24, 2.45) is 5.92 Å². The molecule has 1 aliphatic heterocycles. The zero-order chi connectivity index (χ0) is 20.8. The average Bonchev–Trinajstić information content (AvgIpc) is 2.63. The van der Waals surface area contributed by atoms with Crippen LogP contribution in [0.15, 0.2) is 35.5 Å². The number of nitrogens with one attached hydrogen (secondary N) is 1. The molecular formula is C21H27ClN2O4. The minimum atomic E-state index is -0.472. The van der Waals surface area contributed by atoms with E-state index in [9.17, 15) is 14.4 Å². The van der Waals surface area contributed by atoms with Crippen LogP contribution < -0.4 is 5.32 Å². The number of benzene rings is 1. The van der Waals surface area contributed by atoms with Crippen LogP contribution in [0, 0.1) is 5.92 Å². The normalized spacial score (nSPS) is 17.1. The van der Waals surface area contributed by atoms with Gasteiger partial charge in [0.2, 0.25) is 11.8 Å². The predicted molar refractivity (Wildman–Crippen MR) is 108 cm³/mol. The lowest BCUT2D eigenvalue weighted by molar-refractivity contribution is -0.141. The van der Waals surface area contributed by atoms with E-state index >= 15 is 0 Å². The number of hydrogen-bond donors (Lipinski definition) is 1. The van der Waals surface area contributed by atoms with E-state index in [2.05, 4.69) is 5.32 Å². The van der Waals surface area contributed by atoms with Gasteiger partial charge in [-0.25, -0.2) is 4.79 Å². The average molecular weight is 407 g/mol. The van der Waals surface area contributed by atoms with Crippen molar-refractivity contribution >= 4 is 29.4 Å². The van der Waals surface area contributed by atoms with Crippen molar-refractivity contribution in [2.75, 3.05) is 19.7 Å². The van der Waals surface area contributed by atoms with Crippen molar-refractivity contribution in [3.8, 4) is 0 Å². The van der Waals surface area contributed by atoms with Crippen LogP contribution in [0.1, 0.15) is 45.6 Å². The third-order valence-corrected chi connectivity index (χ3v) is 4.85. The van der Waals surface area contributed by atoms with Gasteiger partial charge in [-0.15, -0.1) is 0 Å². The molecule has 0 saturated heterocycles. The molecule has 1 N–H and O–H groups in total. The molecule has 2 rings (SSSR count).